The summed E-state index contributed by atoms with van der Waals surface area (Å²) in [5.41, 5.74) is 7.65. The number of aromatic nitrogens is 3. The number of nitrogens with zero attached hydrogens (tertiary/aromatic N) is 3. The second-order valence-electron chi connectivity index (χ2n) is 6.45. The Kier molecular flexibility index (Phi) is 4.40. The van der Waals surface area contributed by atoms with Crippen LogP contribution in [0.25, 0.3) is 11.0 Å². The second kappa shape index (κ2) is 6.72. The molecule has 0 bridgehead atoms. The Hall–Kier alpha value is -2.41. The van der Waals surface area contributed by atoms with Gasteiger partial charge in [0.2, 0.25) is 5.28 Å². The molecule has 2 atom stereocenters. The zero-order valence-corrected chi connectivity index (χ0v) is 14.5. The van der Waals surface area contributed by atoms with Gasteiger partial charge in [-0.3, -0.25) is 0 Å². The molecule has 2 unspecified atom stereocenters. The van der Waals surface area contributed by atoms with E-state index in [9.17, 15) is 8.78 Å². The van der Waals surface area contributed by atoms with Crippen LogP contribution in [0.4, 0.5) is 14.6 Å². The van der Waals surface area contributed by atoms with Gasteiger partial charge in [0.1, 0.15) is 17.2 Å². The minimum Gasteiger partial charge on any atom is -0.435 e. The standard InChI is InChI=1S/C18H17ClF2N4O/c19-17-23-15(22)14-6-7-25(16(14)24-17)12-5-4-11(8-12)10-2-1-3-13(9-10)26-18(20)21/h1-3,6-7,9,11-12,18H,4-5,8H2,(H2,22,23,24). The number of halogens is 3. The number of ether oxygens (including phenoxy) is 1. The Bertz CT molecular complexity index is 946. The molecular formula is C18H17ClF2N4O. The quantitative estimate of drug-likeness (QED) is 0.663. The fraction of sp³-hybridized carbons (Fsp3) is 0.333. The van der Waals surface area contributed by atoms with Crippen molar-refractivity contribution in [2.75, 3.05) is 5.73 Å². The maximum absolute atomic E-state index is 12.4. The minimum atomic E-state index is -2.82. The third-order valence-electron chi connectivity index (χ3n) is 4.93. The molecule has 0 aliphatic heterocycles. The lowest BCUT2D eigenvalue weighted by Crippen LogP contribution is -2.06. The summed E-state index contributed by atoms with van der Waals surface area (Å²) in [6.07, 6.45) is 4.74. The number of hydrogen-bond acceptors (Lipinski definition) is 4. The number of hydrogen-bond donors (Lipinski definition) is 1. The lowest BCUT2D eigenvalue weighted by Gasteiger charge is -2.15. The van der Waals surface area contributed by atoms with Crippen LogP contribution < -0.4 is 10.5 Å². The van der Waals surface area contributed by atoms with Crippen LogP contribution in [-0.2, 0) is 0 Å². The van der Waals surface area contributed by atoms with Gasteiger partial charge in [-0.15, -0.1) is 0 Å². The molecule has 2 aromatic heterocycles. The molecule has 1 saturated carbocycles. The topological polar surface area (TPSA) is 66.0 Å². The van der Waals surface area contributed by atoms with E-state index < -0.39 is 6.61 Å². The molecule has 0 amide bonds. The molecular weight excluding hydrogens is 362 g/mol. The van der Waals surface area contributed by atoms with Crippen LogP contribution in [0.5, 0.6) is 5.75 Å². The summed E-state index contributed by atoms with van der Waals surface area (Å²) < 4.78 is 31.5. The Labute approximate surface area is 153 Å². The number of rotatable bonds is 4. The molecule has 26 heavy (non-hydrogen) atoms. The van der Waals surface area contributed by atoms with Gasteiger partial charge in [0.05, 0.1) is 5.39 Å². The monoisotopic (exact) mass is 378 g/mol. The SMILES string of the molecule is Nc1nc(Cl)nc2c1ccn2C1CCC(c2cccc(OC(F)F)c2)C1. The Balaban J connectivity index is 1.58. The van der Waals surface area contributed by atoms with Gasteiger partial charge in [-0.1, -0.05) is 12.1 Å². The summed E-state index contributed by atoms with van der Waals surface area (Å²) in [7, 11) is 0. The van der Waals surface area contributed by atoms with Crippen molar-refractivity contribution in [1.29, 1.82) is 0 Å². The van der Waals surface area contributed by atoms with Gasteiger partial charge >= 0.3 is 6.61 Å². The first-order chi connectivity index (χ1) is 12.5. The van der Waals surface area contributed by atoms with E-state index in [1.54, 1.807) is 18.2 Å². The van der Waals surface area contributed by atoms with Gasteiger partial charge in [-0.05, 0) is 60.5 Å². The fourth-order valence-corrected chi connectivity index (χ4v) is 3.95. The summed E-state index contributed by atoms with van der Waals surface area (Å²) in [4.78, 5) is 8.30. The summed E-state index contributed by atoms with van der Waals surface area (Å²) in [5, 5.41) is 0.909. The highest BCUT2D eigenvalue weighted by atomic mass is 35.5. The lowest BCUT2D eigenvalue weighted by atomic mass is 9.97. The molecule has 4 rings (SSSR count). The molecule has 2 heterocycles. The van der Waals surface area contributed by atoms with Crippen molar-refractivity contribution in [2.24, 2.45) is 0 Å². The van der Waals surface area contributed by atoms with Crippen molar-refractivity contribution in [2.45, 2.75) is 37.8 Å². The molecule has 0 radical (unpaired) electrons. The average molecular weight is 379 g/mol. The van der Waals surface area contributed by atoms with Crippen molar-refractivity contribution >= 4 is 28.5 Å². The van der Waals surface area contributed by atoms with Gasteiger partial charge in [-0.2, -0.15) is 13.8 Å². The molecule has 3 aromatic rings. The van der Waals surface area contributed by atoms with E-state index in [0.717, 1.165) is 35.9 Å². The molecule has 1 fully saturated rings. The molecule has 2 N–H and O–H groups in total. The van der Waals surface area contributed by atoms with Crippen LogP contribution in [-0.4, -0.2) is 21.1 Å². The molecule has 0 saturated heterocycles. The fourth-order valence-electron chi connectivity index (χ4n) is 3.78. The van der Waals surface area contributed by atoms with Crippen molar-refractivity contribution in [1.82, 2.24) is 14.5 Å². The van der Waals surface area contributed by atoms with E-state index in [0.29, 0.717) is 5.82 Å². The Morgan fingerprint density at radius 3 is 2.88 bits per heavy atom. The Morgan fingerprint density at radius 1 is 1.23 bits per heavy atom. The van der Waals surface area contributed by atoms with Gasteiger partial charge in [0.25, 0.3) is 0 Å². The van der Waals surface area contributed by atoms with Crippen LogP contribution in [0.1, 0.15) is 36.8 Å². The average Bonchev–Trinajstić information content (AvgIpc) is 3.21. The minimum absolute atomic E-state index is 0.126. The smallest absolute Gasteiger partial charge is 0.387 e. The van der Waals surface area contributed by atoms with E-state index in [4.69, 9.17) is 17.3 Å². The highest BCUT2D eigenvalue weighted by Gasteiger charge is 2.28. The highest BCUT2D eigenvalue weighted by molar-refractivity contribution is 6.28. The number of alkyl halides is 2. The molecule has 1 aliphatic carbocycles. The van der Waals surface area contributed by atoms with Crippen LogP contribution in [0, 0.1) is 0 Å². The summed E-state index contributed by atoms with van der Waals surface area (Å²) >= 11 is 5.95. The maximum Gasteiger partial charge on any atom is 0.387 e. The zero-order valence-electron chi connectivity index (χ0n) is 13.8. The van der Waals surface area contributed by atoms with Gasteiger partial charge < -0.3 is 15.0 Å². The normalized spacial score (nSPS) is 20.2. The predicted molar refractivity (Wildman–Crippen MR) is 95.7 cm³/mol. The van der Waals surface area contributed by atoms with Gasteiger partial charge in [-0.25, -0.2) is 4.98 Å². The highest BCUT2D eigenvalue weighted by Crippen LogP contribution is 2.43. The van der Waals surface area contributed by atoms with Crippen LogP contribution in [0.3, 0.4) is 0 Å². The number of fused-ring (bicyclic) bond motifs is 1. The largest absolute Gasteiger partial charge is 0.435 e. The summed E-state index contributed by atoms with van der Waals surface area (Å²) in [5.74, 6) is 0.832. The van der Waals surface area contributed by atoms with E-state index in [-0.39, 0.29) is 23.0 Å². The second-order valence-corrected chi connectivity index (χ2v) is 6.79. The molecule has 1 aromatic carbocycles. The first-order valence-electron chi connectivity index (χ1n) is 8.35. The lowest BCUT2D eigenvalue weighted by molar-refractivity contribution is -0.0498. The summed E-state index contributed by atoms with van der Waals surface area (Å²) in [6.45, 7) is -2.82. The Morgan fingerprint density at radius 2 is 2.08 bits per heavy atom. The van der Waals surface area contributed by atoms with Crippen molar-refractivity contribution in [3.05, 3.63) is 47.4 Å². The first-order valence-corrected chi connectivity index (χ1v) is 8.73. The third-order valence-corrected chi connectivity index (χ3v) is 5.10. The van der Waals surface area contributed by atoms with E-state index in [1.165, 1.54) is 0 Å². The third kappa shape index (κ3) is 3.19. The van der Waals surface area contributed by atoms with E-state index in [2.05, 4.69) is 19.3 Å². The van der Waals surface area contributed by atoms with E-state index >= 15 is 0 Å². The van der Waals surface area contributed by atoms with Crippen LogP contribution in [0.15, 0.2) is 36.5 Å². The van der Waals surface area contributed by atoms with Gasteiger partial charge in [0, 0.05) is 12.2 Å². The van der Waals surface area contributed by atoms with E-state index in [1.807, 2.05) is 18.3 Å². The molecule has 0 spiro atoms. The predicted octanol–water partition coefficient (Wildman–Crippen LogP) is 4.78. The number of nitrogen functional groups attached to an aromatic ring is 1. The zero-order chi connectivity index (χ0) is 18.3. The van der Waals surface area contributed by atoms with Crippen LogP contribution in [0.2, 0.25) is 5.28 Å². The van der Waals surface area contributed by atoms with Crippen molar-refractivity contribution < 1.29 is 13.5 Å². The number of nitrogens with two attached hydrogens (primary N) is 1. The molecule has 136 valence electrons. The number of anilines is 1. The first kappa shape index (κ1) is 17.0. The van der Waals surface area contributed by atoms with Gasteiger partial charge in [0.15, 0.2) is 0 Å². The molecule has 5 nitrogen and oxygen atoms in total. The number of benzene rings is 1. The van der Waals surface area contributed by atoms with Crippen LogP contribution >= 0.6 is 11.6 Å². The van der Waals surface area contributed by atoms with Crippen molar-refractivity contribution in [3.8, 4) is 5.75 Å². The van der Waals surface area contributed by atoms with Crippen molar-refractivity contribution in [3.63, 3.8) is 0 Å². The summed E-state index contributed by atoms with van der Waals surface area (Å²) in [6, 6.07) is 9.08. The maximum atomic E-state index is 12.4. The molecule has 8 heteroatoms. The molecule has 1 aliphatic rings.